The van der Waals surface area contributed by atoms with Crippen LogP contribution in [0, 0.1) is 0 Å². The van der Waals surface area contributed by atoms with E-state index in [0.717, 1.165) is 0 Å². The van der Waals surface area contributed by atoms with Crippen molar-refractivity contribution in [2.45, 2.75) is 26.0 Å². The Hall–Kier alpha value is -2.67. The van der Waals surface area contributed by atoms with Crippen molar-refractivity contribution in [1.82, 2.24) is 4.90 Å². The number of aliphatic hydroxyl groups excluding tert-OH is 2. The van der Waals surface area contributed by atoms with E-state index in [2.05, 4.69) is 4.74 Å². The summed E-state index contributed by atoms with van der Waals surface area (Å²) in [6.07, 6.45) is -0.829. The number of hydrogen-bond acceptors (Lipinski definition) is 6. The molecule has 1 amide bonds. The second-order valence-electron chi connectivity index (χ2n) is 5.64. The van der Waals surface area contributed by atoms with E-state index in [1.54, 1.807) is 12.1 Å². The number of nitrogens with zero attached hydrogens (tertiary/aromatic N) is 1. The van der Waals surface area contributed by atoms with Crippen molar-refractivity contribution in [2.75, 3.05) is 13.7 Å². The van der Waals surface area contributed by atoms with Crippen molar-refractivity contribution < 1.29 is 29.3 Å². The zero-order valence-corrected chi connectivity index (χ0v) is 13.6. The number of aliphatic hydroxyl groups is 2. The number of ether oxygens (including phenoxy) is 1. The van der Waals surface area contributed by atoms with Gasteiger partial charge in [-0.25, -0.2) is 4.79 Å². The van der Waals surface area contributed by atoms with E-state index in [1.165, 1.54) is 38.0 Å². The topological polar surface area (TPSA) is 104 Å². The number of carbonyl (C=O) groups is 3. The number of Topliss-reactive ketones (excluding diaryl/α,β-unsaturated/α-hetero) is 1. The van der Waals surface area contributed by atoms with Gasteiger partial charge in [0, 0.05) is 6.54 Å². The second-order valence-corrected chi connectivity index (χ2v) is 5.64. The largest absolute Gasteiger partial charge is 0.503 e. The molecule has 0 radical (unpaired) electrons. The molecule has 0 aromatic heterocycles. The Kier molecular flexibility index (Phi) is 5.04. The van der Waals surface area contributed by atoms with Crippen molar-refractivity contribution >= 4 is 17.7 Å². The van der Waals surface area contributed by atoms with Gasteiger partial charge in [0.05, 0.1) is 30.4 Å². The molecule has 2 N–H and O–H groups in total. The molecule has 0 fully saturated rings. The summed E-state index contributed by atoms with van der Waals surface area (Å²) in [7, 11) is 1.27. The highest BCUT2D eigenvalue weighted by molar-refractivity contribution is 6.08. The maximum atomic E-state index is 12.2. The fraction of sp³-hybridized carbons (Fsp3) is 0.353. The molecule has 1 aromatic rings. The summed E-state index contributed by atoms with van der Waals surface area (Å²) in [4.78, 5) is 36.9. The van der Waals surface area contributed by atoms with Gasteiger partial charge in [-0.3, -0.25) is 9.59 Å². The number of benzene rings is 1. The minimum absolute atomic E-state index is 0.0218. The zero-order valence-electron chi connectivity index (χ0n) is 13.6. The number of methoxy groups -OCH3 is 1. The first-order valence-electron chi connectivity index (χ1n) is 7.39. The maximum absolute atomic E-state index is 12.2. The van der Waals surface area contributed by atoms with Gasteiger partial charge >= 0.3 is 5.97 Å². The van der Waals surface area contributed by atoms with Crippen LogP contribution in [0.3, 0.4) is 0 Å². The number of carbonyl (C=O) groups excluding carboxylic acids is 3. The molecule has 7 nitrogen and oxygen atoms in total. The van der Waals surface area contributed by atoms with Gasteiger partial charge in [0.15, 0.2) is 11.5 Å². The summed E-state index contributed by atoms with van der Waals surface area (Å²) < 4.78 is 4.63. The molecule has 0 spiro atoms. The molecule has 0 saturated carbocycles. The summed E-state index contributed by atoms with van der Waals surface area (Å²) >= 11 is 0. The average Bonchev–Trinajstić information content (AvgIpc) is 2.78. The Morgan fingerprint density at radius 3 is 2.33 bits per heavy atom. The predicted molar refractivity (Wildman–Crippen MR) is 84.3 cm³/mol. The van der Waals surface area contributed by atoms with Crippen LogP contribution in [-0.2, 0) is 14.3 Å². The third-order valence-corrected chi connectivity index (χ3v) is 3.79. The molecule has 0 bridgehead atoms. The van der Waals surface area contributed by atoms with E-state index in [4.69, 9.17) is 0 Å². The van der Waals surface area contributed by atoms with E-state index in [9.17, 15) is 24.6 Å². The smallest absolute Gasteiger partial charge is 0.337 e. The van der Waals surface area contributed by atoms with Gasteiger partial charge in [-0.15, -0.1) is 0 Å². The maximum Gasteiger partial charge on any atom is 0.337 e. The summed E-state index contributed by atoms with van der Waals surface area (Å²) in [6, 6.07) is 5.39. The molecule has 2 rings (SSSR count). The van der Waals surface area contributed by atoms with Crippen LogP contribution in [0.15, 0.2) is 35.6 Å². The van der Waals surface area contributed by atoms with Gasteiger partial charge in [0.25, 0.3) is 5.91 Å². The number of ketones is 1. The minimum Gasteiger partial charge on any atom is -0.503 e. The Balaban J connectivity index is 2.47. The lowest BCUT2D eigenvalue weighted by Gasteiger charge is -2.27. The highest BCUT2D eigenvalue weighted by Crippen LogP contribution is 2.37. The van der Waals surface area contributed by atoms with Crippen molar-refractivity contribution in [3.8, 4) is 0 Å². The van der Waals surface area contributed by atoms with E-state index in [-0.39, 0.29) is 12.1 Å². The standard InChI is InChI=1S/C17H19NO6/c1-9(19)8-18-14(13(10(2)20)15(21)16(18)22)11-4-6-12(7-5-11)17(23)24-3/h4-7,9,14,19,21H,8H2,1-3H3. The molecule has 128 valence electrons. The van der Waals surface area contributed by atoms with Crippen LogP contribution in [0.5, 0.6) is 0 Å². The summed E-state index contributed by atoms with van der Waals surface area (Å²) in [6.45, 7) is 2.73. The SMILES string of the molecule is COC(=O)c1ccc(C2C(C(C)=O)=C(O)C(=O)N2CC(C)O)cc1. The van der Waals surface area contributed by atoms with Gasteiger partial charge in [-0.2, -0.15) is 0 Å². The lowest BCUT2D eigenvalue weighted by atomic mass is 9.96. The van der Waals surface area contributed by atoms with Crippen molar-refractivity contribution in [1.29, 1.82) is 0 Å². The van der Waals surface area contributed by atoms with E-state index in [0.29, 0.717) is 11.1 Å². The third-order valence-electron chi connectivity index (χ3n) is 3.79. The van der Waals surface area contributed by atoms with Gasteiger partial charge in [0.2, 0.25) is 0 Å². The molecule has 1 heterocycles. The first-order valence-corrected chi connectivity index (χ1v) is 7.39. The zero-order chi connectivity index (χ0) is 18.0. The highest BCUT2D eigenvalue weighted by atomic mass is 16.5. The van der Waals surface area contributed by atoms with Gasteiger partial charge < -0.3 is 19.8 Å². The quantitative estimate of drug-likeness (QED) is 0.783. The first-order chi connectivity index (χ1) is 11.3. The van der Waals surface area contributed by atoms with Crippen LogP contribution in [0.25, 0.3) is 0 Å². The normalized spacial score (nSPS) is 18.8. The van der Waals surface area contributed by atoms with Crippen LogP contribution in [-0.4, -0.2) is 52.5 Å². The van der Waals surface area contributed by atoms with E-state index < -0.39 is 35.6 Å². The van der Waals surface area contributed by atoms with Crippen molar-refractivity contribution in [3.05, 3.63) is 46.7 Å². The first kappa shape index (κ1) is 17.7. The number of esters is 1. The Labute approximate surface area is 139 Å². The molecule has 1 aromatic carbocycles. The van der Waals surface area contributed by atoms with Crippen LogP contribution in [0.2, 0.25) is 0 Å². The number of β-amino-alcohol motifs (C(OH)–C–C–N with tert-alkyl or cyclic N) is 1. The third kappa shape index (κ3) is 3.16. The fourth-order valence-corrected chi connectivity index (χ4v) is 2.75. The molecule has 1 aliphatic rings. The average molecular weight is 333 g/mol. The lowest BCUT2D eigenvalue weighted by molar-refractivity contribution is -0.130. The molecule has 2 unspecified atom stereocenters. The molecule has 7 heteroatoms. The molecule has 0 aliphatic carbocycles. The molecular weight excluding hydrogens is 314 g/mol. The van der Waals surface area contributed by atoms with Crippen LogP contribution < -0.4 is 0 Å². The Morgan fingerprint density at radius 1 is 1.29 bits per heavy atom. The van der Waals surface area contributed by atoms with Gasteiger partial charge in [0.1, 0.15) is 0 Å². The van der Waals surface area contributed by atoms with Gasteiger partial charge in [-0.1, -0.05) is 12.1 Å². The number of amides is 1. The fourth-order valence-electron chi connectivity index (χ4n) is 2.75. The Bertz CT molecular complexity index is 704. The lowest BCUT2D eigenvalue weighted by Crippen LogP contribution is -2.36. The minimum atomic E-state index is -0.829. The number of hydrogen-bond donors (Lipinski definition) is 2. The second kappa shape index (κ2) is 6.84. The van der Waals surface area contributed by atoms with Crippen molar-refractivity contribution in [2.24, 2.45) is 0 Å². The molecule has 2 atom stereocenters. The van der Waals surface area contributed by atoms with Crippen molar-refractivity contribution in [3.63, 3.8) is 0 Å². The van der Waals surface area contributed by atoms with Crippen LogP contribution in [0.1, 0.15) is 35.8 Å². The molecule has 24 heavy (non-hydrogen) atoms. The Morgan fingerprint density at radius 2 is 1.88 bits per heavy atom. The monoisotopic (exact) mass is 333 g/mol. The number of rotatable bonds is 5. The highest BCUT2D eigenvalue weighted by Gasteiger charge is 2.42. The predicted octanol–water partition coefficient (Wildman–Crippen LogP) is 1.14. The summed E-state index contributed by atoms with van der Waals surface area (Å²) in [5, 5.41) is 19.7. The van der Waals surface area contributed by atoms with Gasteiger partial charge in [-0.05, 0) is 31.5 Å². The van der Waals surface area contributed by atoms with Crippen LogP contribution in [0.4, 0.5) is 0 Å². The van der Waals surface area contributed by atoms with E-state index >= 15 is 0 Å². The summed E-state index contributed by atoms with van der Waals surface area (Å²) in [5.41, 5.74) is 0.850. The molecule has 1 aliphatic heterocycles. The molecule has 0 saturated heterocycles. The van der Waals surface area contributed by atoms with Crippen LogP contribution >= 0.6 is 0 Å². The van der Waals surface area contributed by atoms with E-state index in [1.807, 2.05) is 0 Å². The summed E-state index contributed by atoms with van der Waals surface area (Å²) in [5.74, 6) is -2.25. The molecular formula is C17H19NO6.